The Morgan fingerprint density at radius 1 is 1.14 bits per heavy atom. The van der Waals surface area contributed by atoms with Crippen molar-refractivity contribution in [2.75, 3.05) is 32.4 Å². The van der Waals surface area contributed by atoms with Gasteiger partial charge in [0.1, 0.15) is 0 Å². The van der Waals surface area contributed by atoms with Crippen molar-refractivity contribution >= 4 is 21.9 Å². The molecule has 2 amide bonds. The lowest BCUT2D eigenvalue weighted by atomic mass is 9.83. The Kier molecular flexibility index (Phi) is 8.51. The molecule has 1 aliphatic heterocycles. The molecule has 3 aliphatic rings. The van der Waals surface area contributed by atoms with Crippen LogP contribution in [0.3, 0.4) is 0 Å². The fourth-order valence-electron chi connectivity index (χ4n) is 5.39. The molecule has 1 aromatic rings. The minimum absolute atomic E-state index is 0.0689. The van der Waals surface area contributed by atoms with E-state index in [2.05, 4.69) is 35.3 Å². The van der Waals surface area contributed by atoms with Crippen LogP contribution in [0.4, 0.5) is 4.79 Å². The van der Waals surface area contributed by atoms with Gasteiger partial charge >= 0.3 is 6.03 Å². The number of nitrogens with zero attached hydrogens (tertiary/aromatic N) is 2. The lowest BCUT2D eigenvalue weighted by Gasteiger charge is -2.33. The maximum atomic E-state index is 13.3. The van der Waals surface area contributed by atoms with E-state index in [0.717, 1.165) is 68.2 Å². The van der Waals surface area contributed by atoms with Gasteiger partial charge in [0, 0.05) is 66.4 Å². The molecule has 0 aromatic heterocycles. The van der Waals surface area contributed by atoms with E-state index in [1.165, 1.54) is 0 Å². The van der Waals surface area contributed by atoms with Crippen LogP contribution in [0.25, 0.3) is 0 Å². The number of amides is 2. The van der Waals surface area contributed by atoms with Crippen LogP contribution in [0.2, 0.25) is 0 Å². The molecule has 4 rings (SSSR count). The number of benzene rings is 1. The molecule has 5 N–H and O–H groups in total. The first-order valence-corrected chi connectivity index (χ1v) is 15.3. The number of thiol groups is 1. The maximum Gasteiger partial charge on any atom is 0.317 e. The van der Waals surface area contributed by atoms with Gasteiger partial charge < -0.3 is 26.0 Å². The number of piperazine rings is 1. The molecule has 2 aliphatic carbocycles. The fraction of sp³-hybridized carbons (Fsp3) is 0.556. The average molecular weight is 515 g/mol. The normalized spacial score (nSPS) is 28.1. The number of nitrogens with one attached hydrogen (secondary N) is 3. The van der Waals surface area contributed by atoms with Crippen LogP contribution in [0, 0.1) is 11.8 Å². The number of carbonyl (C=O) groups is 1. The third kappa shape index (κ3) is 6.56. The summed E-state index contributed by atoms with van der Waals surface area (Å²) in [5.41, 5.74) is 9.08. The third-order valence-corrected chi connectivity index (χ3v) is 9.56. The summed E-state index contributed by atoms with van der Waals surface area (Å²) in [5, 5.41) is 6.51. The first-order chi connectivity index (χ1) is 17.2. The van der Waals surface area contributed by atoms with E-state index in [9.17, 15) is 9.00 Å². The van der Waals surface area contributed by atoms with Crippen molar-refractivity contribution in [3.63, 3.8) is 0 Å². The molecular weight excluding hydrogens is 472 g/mol. The molecular formula is C27H42N6O2S. The summed E-state index contributed by atoms with van der Waals surface area (Å²) in [6.45, 7) is 7.49. The summed E-state index contributed by atoms with van der Waals surface area (Å²) >= 11 is 0. The first-order valence-electron chi connectivity index (χ1n) is 13.1. The van der Waals surface area contributed by atoms with Gasteiger partial charge in [-0.25, -0.2) is 4.79 Å². The van der Waals surface area contributed by atoms with Crippen molar-refractivity contribution in [3.8, 4) is 0 Å². The van der Waals surface area contributed by atoms with Gasteiger partial charge in [0.05, 0.1) is 6.04 Å². The highest BCUT2D eigenvalue weighted by atomic mass is 32.3. The van der Waals surface area contributed by atoms with Crippen molar-refractivity contribution < 1.29 is 9.00 Å². The topological polar surface area (TPSA) is 112 Å². The molecule has 9 heteroatoms. The lowest BCUT2D eigenvalue weighted by molar-refractivity contribution is 0.181. The van der Waals surface area contributed by atoms with E-state index < -0.39 is 10.1 Å². The summed E-state index contributed by atoms with van der Waals surface area (Å²) in [6.07, 6.45) is 9.69. The smallest absolute Gasteiger partial charge is 0.317 e. The van der Waals surface area contributed by atoms with Crippen LogP contribution in [0.1, 0.15) is 39.5 Å². The highest BCUT2D eigenvalue weighted by Crippen LogP contribution is 2.29. The highest BCUT2D eigenvalue weighted by Gasteiger charge is 2.28. The van der Waals surface area contributed by atoms with E-state index in [1.807, 2.05) is 41.3 Å². The number of aliphatic imine (C=N–C) groups is 1. The number of rotatable bonds is 6. The van der Waals surface area contributed by atoms with Gasteiger partial charge in [-0.15, -0.1) is 0 Å². The zero-order valence-electron chi connectivity index (χ0n) is 21.7. The Morgan fingerprint density at radius 3 is 2.44 bits per heavy atom. The van der Waals surface area contributed by atoms with Crippen molar-refractivity contribution in [1.29, 1.82) is 0 Å². The number of allylic oxidation sites excluding steroid dienone is 1. The van der Waals surface area contributed by atoms with Crippen LogP contribution in [0.15, 0.2) is 63.8 Å². The minimum atomic E-state index is -2.75. The molecule has 2 unspecified atom stereocenters. The third-order valence-electron chi connectivity index (χ3n) is 7.59. The molecule has 2 atom stereocenters. The van der Waals surface area contributed by atoms with Gasteiger partial charge in [0.2, 0.25) is 0 Å². The summed E-state index contributed by atoms with van der Waals surface area (Å²) in [4.78, 5) is 20.3. The van der Waals surface area contributed by atoms with Crippen LogP contribution in [-0.4, -0.2) is 65.4 Å². The van der Waals surface area contributed by atoms with Crippen LogP contribution in [0.5, 0.6) is 0 Å². The van der Waals surface area contributed by atoms with E-state index in [4.69, 9.17) is 10.7 Å². The largest absolute Gasteiger partial charge is 0.400 e. The number of urea groups is 1. The molecule has 1 saturated carbocycles. The van der Waals surface area contributed by atoms with Crippen molar-refractivity contribution in [3.05, 3.63) is 53.9 Å². The number of hydrogen-bond donors (Lipinski definition) is 5. The summed E-state index contributed by atoms with van der Waals surface area (Å²) in [6, 6.07) is 9.68. The van der Waals surface area contributed by atoms with E-state index in [1.54, 1.807) is 6.26 Å². The van der Waals surface area contributed by atoms with Gasteiger partial charge in [0.15, 0.2) is 0 Å². The second-order valence-electron chi connectivity index (χ2n) is 10.4. The van der Waals surface area contributed by atoms with Gasteiger partial charge in [0.25, 0.3) is 0 Å². The second-order valence-corrected chi connectivity index (χ2v) is 13.0. The Balaban J connectivity index is 1.31. The predicted octanol–water partition coefficient (Wildman–Crippen LogP) is 2.58. The summed E-state index contributed by atoms with van der Waals surface area (Å²) < 4.78 is 16.5. The van der Waals surface area contributed by atoms with E-state index >= 15 is 0 Å². The van der Waals surface area contributed by atoms with Gasteiger partial charge in [-0.05, 0) is 66.9 Å². The van der Waals surface area contributed by atoms with Crippen LogP contribution >= 0.6 is 0 Å². The molecule has 0 bridgehead atoms. The molecule has 1 saturated heterocycles. The van der Waals surface area contributed by atoms with Gasteiger partial charge in [-0.1, -0.05) is 31.2 Å². The Bertz CT molecular complexity index is 1060. The molecule has 0 radical (unpaired) electrons. The molecule has 36 heavy (non-hydrogen) atoms. The van der Waals surface area contributed by atoms with Gasteiger partial charge in [-0.3, -0.25) is 9.20 Å². The quantitative estimate of drug-likeness (QED) is 0.297. The highest BCUT2D eigenvalue weighted by molar-refractivity contribution is 8.00. The second kappa shape index (κ2) is 11.6. The molecule has 1 heterocycles. The van der Waals surface area contributed by atoms with Crippen LogP contribution in [-0.2, 0) is 10.1 Å². The monoisotopic (exact) mass is 514 g/mol. The standard InChI is InChI=1S/C27H42N6O2S/c1-19-17-23(32-36(3,35)24-7-5-4-6-8-24)18-25(28)26(19)30-20(2)21-9-11-22(12-10-21)31-27(34)33-15-13-29-14-16-33/h4-8,17-19,21-22,26,29,36H,9-16,28H2,1-3H3,(H,31,34)(H,32,35)/b30-20+. The number of hydrogen-bond acceptors (Lipinski definition) is 5. The predicted molar refractivity (Wildman–Crippen MR) is 148 cm³/mol. The Hall–Kier alpha value is -2.65. The Morgan fingerprint density at radius 2 is 1.81 bits per heavy atom. The fourth-order valence-corrected chi connectivity index (χ4v) is 6.89. The summed E-state index contributed by atoms with van der Waals surface area (Å²) in [5.74, 6) is 0.507. The number of carbonyl (C=O) groups excluding carboxylic acids is 1. The lowest BCUT2D eigenvalue weighted by Crippen LogP contribution is -2.52. The first kappa shape index (κ1) is 26.4. The van der Waals surface area contributed by atoms with Crippen molar-refractivity contribution in [2.45, 2.75) is 56.5 Å². The molecule has 8 nitrogen and oxygen atoms in total. The molecule has 1 aromatic carbocycles. The molecule has 2 fully saturated rings. The zero-order chi connectivity index (χ0) is 25.7. The minimum Gasteiger partial charge on any atom is -0.400 e. The Labute approximate surface area is 216 Å². The SMILES string of the molecule is C/C(=N\C1C(N)=CC(N[SH](C)(=O)c2ccccc2)=CC1C)C1CCC(NC(=O)N2CCNCC2)CC1. The van der Waals surface area contributed by atoms with E-state index in [-0.39, 0.29) is 24.0 Å². The summed E-state index contributed by atoms with van der Waals surface area (Å²) in [7, 11) is -2.75. The van der Waals surface area contributed by atoms with Crippen molar-refractivity contribution in [1.82, 2.24) is 20.3 Å². The van der Waals surface area contributed by atoms with E-state index in [0.29, 0.717) is 11.6 Å². The maximum absolute atomic E-state index is 13.3. The van der Waals surface area contributed by atoms with Gasteiger partial charge in [-0.2, -0.15) is 0 Å². The molecule has 198 valence electrons. The van der Waals surface area contributed by atoms with Crippen LogP contribution < -0.4 is 21.1 Å². The number of nitrogens with two attached hydrogens (primary N) is 1. The van der Waals surface area contributed by atoms with Crippen molar-refractivity contribution in [2.24, 2.45) is 22.6 Å². The zero-order valence-corrected chi connectivity index (χ0v) is 22.6. The average Bonchev–Trinajstić information content (AvgIpc) is 2.87. The molecule has 0 spiro atoms.